The molecule has 0 aliphatic rings. The molecule has 7 nitrogen and oxygen atoms in total. The topological polar surface area (TPSA) is 107 Å². The number of phenols is 1. The predicted molar refractivity (Wildman–Crippen MR) is 58.9 cm³/mol. The minimum absolute atomic E-state index is 0.155. The molecule has 1 N–H and O–H groups in total. The van der Waals surface area contributed by atoms with Crippen molar-refractivity contribution in [3.8, 4) is 5.75 Å². The van der Waals surface area contributed by atoms with Crippen molar-refractivity contribution < 1.29 is 15.0 Å². The third kappa shape index (κ3) is 1.73. The predicted octanol–water partition coefficient (Wildman–Crippen LogP) is 2.36. The lowest BCUT2D eigenvalue weighted by atomic mass is 10.1. The summed E-state index contributed by atoms with van der Waals surface area (Å²) in [5, 5.41) is 31.2. The number of fused-ring (bicyclic) bond motifs is 1. The number of hydrogen-bond acceptors (Lipinski definition) is 5. The van der Waals surface area contributed by atoms with E-state index >= 15 is 0 Å². The van der Waals surface area contributed by atoms with Crippen LogP contribution in [0.4, 0.5) is 11.4 Å². The van der Waals surface area contributed by atoms with Gasteiger partial charge in [-0.1, -0.05) is 0 Å². The monoisotopic (exact) mass is 234 g/mol. The largest absolute Gasteiger partial charge is 0.502 e. The highest BCUT2D eigenvalue weighted by Crippen LogP contribution is 2.35. The van der Waals surface area contributed by atoms with E-state index < -0.39 is 21.3 Å². The number of benzene rings is 2. The average Bonchev–Trinajstić information content (AvgIpc) is 2.27. The number of aromatic hydroxyl groups is 1. The maximum absolute atomic E-state index is 10.8. The molecule has 0 saturated heterocycles. The Morgan fingerprint density at radius 1 is 1.00 bits per heavy atom. The summed E-state index contributed by atoms with van der Waals surface area (Å²) in [6.45, 7) is 0. The third-order valence-electron chi connectivity index (χ3n) is 2.35. The van der Waals surface area contributed by atoms with Crippen LogP contribution in [-0.4, -0.2) is 15.0 Å². The Morgan fingerprint density at radius 2 is 1.71 bits per heavy atom. The molecule has 2 aromatic carbocycles. The van der Waals surface area contributed by atoms with Crippen LogP contribution in [0.5, 0.6) is 5.75 Å². The molecule has 0 aliphatic heterocycles. The van der Waals surface area contributed by atoms with Crippen molar-refractivity contribution in [2.75, 3.05) is 0 Å². The highest BCUT2D eigenvalue weighted by molar-refractivity contribution is 5.94. The highest BCUT2D eigenvalue weighted by Gasteiger charge is 2.19. The van der Waals surface area contributed by atoms with E-state index in [1.165, 1.54) is 18.2 Å². The zero-order valence-electron chi connectivity index (χ0n) is 8.36. The van der Waals surface area contributed by atoms with E-state index in [0.717, 1.165) is 12.1 Å². The van der Waals surface area contributed by atoms with E-state index in [1.54, 1.807) is 0 Å². The van der Waals surface area contributed by atoms with Gasteiger partial charge in [0.05, 0.1) is 15.2 Å². The van der Waals surface area contributed by atoms with E-state index in [0.29, 0.717) is 5.39 Å². The maximum Gasteiger partial charge on any atom is 0.318 e. The summed E-state index contributed by atoms with van der Waals surface area (Å²) < 4.78 is 0. The normalized spacial score (nSPS) is 10.4. The molecule has 86 valence electrons. The fraction of sp³-hybridized carbons (Fsp3) is 0. The minimum atomic E-state index is -0.719. The minimum Gasteiger partial charge on any atom is -0.502 e. The van der Waals surface area contributed by atoms with Crippen LogP contribution in [0.1, 0.15) is 0 Å². The SMILES string of the molecule is O=[N+]([O-])c1ccc2c([N+](=O)[O-])c(O)ccc2c1. The Bertz CT molecular complexity index is 638. The van der Waals surface area contributed by atoms with Crippen LogP contribution in [0.2, 0.25) is 0 Å². The summed E-state index contributed by atoms with van der Waals surface area (Å²) in [6, 6.07) is 6.18. The van der Waals surface area contributed by atoms with Gasteiger partial charge in [0.15, 0.2) is 5.75 Å². The Morgan fingerprint density at radius 3 is 2.29 bits per heavy atom. The molecule has 0 atom stereocenters. The summed E-state index contributed by atoms with van der Waals surface area (Å²) in [7, 11) is 0. The lowest BCUT2D eigenvalue weighted by molar-refractivity contribution is -0.385. The van der Waals surface area contributed by atoms with Crippen LogP contribution in [0, 0.1) is 20.2 Å². The number of nitrogens with zero attached hydrogens (tertiary/aromatic N) is 2. The van der Waals surface area contributed by atoms with Crippen molar-refractivity contribution in [1.82, 2.24) is 0 Å². The van der Waals surface area contributed by atoms with Crippen molar-refractivity contribution in [1.29, 1.82) is 0 Å². The molecule has 0 saturated carbocycles. The van der Waals surface area contributed by atoms with Crippen molar-refractivity contribution in [3.63, 3.8) is 0 Å². The van der Waals surface area contributed by atoms with Gasteiger partial charge in [-0.05, 0) is 23.6 Å². The standard InChI is InChI=1S/C10H6N2O5/c13-9-4-1-6-5-7(11(14)15)2-3-8(6)10(9)12(16)17/h1-5,13H. The van der Waals surface area contributed by atoms with Crippen LogP contribution < -0.4 is 0 Å². The molecule has 0 amide bonds. The summed E-state index contributed by atoms with van der Waals surface area (Å²) in [6.07, 6.45) is 0. The van der Waals surface area contributed by atoms with Gasteiger partial charge in [0, 0.05) is 12.1 Å². The lowest BCUT2D eigenvalue weighted by Crippen LogP contribution is -1.92. The van der Waals surface area contributed by atoms with Gasteiger partial charge in [0.25, 0.3) is 5.69 Å². The molecule has 0 fully saturated rings. The second-order valence-corrected chi connectivity index (χ2v) is 3.35. The Labute approximate surface area is 94.2 Å². The summed E-state index contributed by atoms with van der Waals surface area (Å²) in [5.41, 5.74) is -0.602. The molecule has 0 bridgehead atoms. The Kier molecular flexibility index (Phi) is 2.36. The molecule has 0 aliphatic carbocycles. The van der Waals surface area contributed by atoms with Gasteiger partial charge in [-0.15, -0.1) is 0 Å². The van der Waals surface area contributed by atoms with Crippen LogP contribution in [0.25, 0.3) is 10.8 Å². The van der Waals surface area contributed by atoms with Crippen molar-refractivity contribution in [2.45, 2.75) is 0 Å². The number of nitro groups is 2. The summed E-state index contributed by atoms with van der Waals surface area (Å²) in [5.74, 6) is -0.462. The van der Waals surface area contributed by atoms with Crippen molar-refractivity contribution in [2.24, 2.45) is 0 Å². The second kappa shape index (κ2) is 3.71. The summed E-state index contributed by atoms with van der Waals surface area (Å²) >= 11 is 0. The number of non-ortho nitro benzene ring substituents is 1. The molecule has 7 heteroatoms. The van der Waals surface area contributed by atoms with Crippen LogP contribution >= 0.6 is 0 Å². The van der Waals surface area contributed by atoms with E-state index in [4.69, 9.17) is 0 Å². The van der Waals surface area contributed by atoms with Gasteiger partial charge in [0.2, 0.25) is 0 Å². The zero-order valence-corrected chi connectivity index (χ0v) is 8.36. The molecule has 0 radical (unpaired) electrons. The maximum atomic E-state index is 10.8. The first-order valence-corrected chi connectivity index (χ1v) is 4.55. The molecule has 2 aromatic rings. The number of nitro benzene ring substituents is 2. The quantitative estimate of drug-likeness (QED) is 0.633. The second-order valence-electron chi connectivity index (χ2n) is 3.35. The molecule has 0 spiro atoms. The van der Waals surface area contributed by atoms with Gasteiger partial charge in [-0.25, -0.2) is 0 Å². The van der Waals surface area contributed by atoms with Gasteiger partial charge < -0.3 is 5.11 Å². The number of rotatable bonds is 2. The first kappa shape index (κ1) is 10.8. The van der Waals surface area contributed by atoms with E-state index in [-0.39, 0.29) is 11.1 Å². The summed E-state index contributed by atoms with van der Waals surface area (Å²) in [4.78, 5) is 20.0. The number of phenolic OH excluding ortho intramolecular Hbond substituents is 1. The Balaban J connectivity index is 2.79. The molecule has 0 unspecified atom stereocenters. The zero-order chi connectivity index (χ0) is 12.6. The Hall–Kier alpha value is -2.70. The first-order valence-electron chi connectivity index (χ1n) is 4.55. The van der Waals surface area contributed by atoms with E-state index in [2.05, 4.69) is 0 Å². The molecule has 0 aromatic heterocycles. The van der Waals surface area contributed by atoms with E-state index in [1.807, 2.05) is 0 Å². The fourth-order valence-corrected chi connectivity index (χ4v) is 1.59. The van der Waals surface area contributed by atoms with Crippen LogP contribution in [-0.2, 0) is 0 Å². The molecular formula is C10H6N2O5. The van der Waals surface area contributed by atoms with E-state index in [9.17, 15) is 25.3 Å². The van der Waals surface area contributed by atoms with Crippen molar-refractivity contribution >= 4 is 22.1 Å². The van der Waals surface area contributed by atoms with Crippen LogP contribution in [0.3, 0.4) is 0 Å². The third-order valence-corrected chi connectivity index (χ3v) is 2.35. The highest BCUT2D eigenvalue weighted by atomic mass is 16.6. The van der Waals surface area contributed by atoms with Crippen LogP contribution in [0.15, 0.2) is 30.3 Å². The van der Waals surface area contributed by atoms with Gasteiger partial charge in [0.1, 0.15) is 0 Å². The fourth-order valence-electron chi connectivity index (χ4n) is 1.59. The van der Waals surface area contributed by atoms with Gasteiger partial charge >= 0.3 is 5.69 Å². The van der Waals surface area contributed by atoms with Gasteiger partial charge in [-0.2, -0.15) is 0 Å². The molecule has 0 heterocycles. The van der Waals surface area contributed by atoms with Gasteiger partial charge in [-0.3, -0.25) is 20.2 Å². The smallest absolute Gasteiger partial charge is 0.318 e. The molecular weight excluding hydrogens is 228 g/mol. The van der Waals surface area contributed by atoms with Crippen molar-refractivity contribution in [3.05, 3.63) is 50.6 Å². The lowest BCUT2D eigenvalue weighted by Gasteiger charge is -2.01. The first-order chi connectivity index (χ1) is 8.00. The molecule has 2 rings (SSSR count). The average molecular weight is 234 g/mol. The number of hydrogen-bond donors (Lipinski definition) is 1. The molecule has 17 heavy (non-hydrogen) atoms.